The third-order valence-electron chi connectivity index (χ3n) is 6.69. The number of fused-ring (bicyclic) bond motifs is 2. The number of benzene rings is 2. The van der Waals surface area contributed by atoms with E-state index in [0.717, 1.165) is 26.2 Å². The molecule has 2 aromatic carbocycles. The topological polar surface area (TPSA) is 57.2 Å². The standard InChI is InChI=1S/C24H31N3O3/c1-26-11-13-27(14-12-26)22-23(28)21(20-16-29-24(22)30-20)25-15-17-7-9-19(10-8-17)18-5-3-2-4-6-18/h2-10,20-25,28H,11-16H2,1H3. The van der Waals surface area contributed by atoms with Gasteiger partial charge in [0.2, 0.25) is 0 Å². The second kappa shape index (κ2) is 8.75. The molecule has 2 bridgehead atoms. The Kier molecular flexibility index (Phi) is 5.87. The zero-order valence-electron chi connectivity index (χ0n) is 17.5. The van der Waals surface area contributed by atoms with Gasteiger partial charge in [-0.25, -0.2) is 0 Å². The Hall–Kier alpha value is -1.80. The molecule has 0 aliphatic carbocycles. The monoisotopic (exact) mass is 409 g/mol. The van der Waals surface area contributed by atoms with Crippen LogP contribution in [0.15, 0.2) is 54.6 Å². The molecule has 0 saturated carbocycles. The van der Waals surface area contributed by atoms with E-state index in [0.29, 0.717) is 13.2 Å². The molecule has 2 N–H and O–H groups in total. The van der Waals surface area contributed by atoms with Crippen molar-refractivity contribution in [1.82, 2.24) is 15.1 Å². The summed E-state index contributed by atoms with van der Waals surface area (Å²) in [6, 6.07) is 18.8. The van der Waals surface area contributed by atoms with Crippen LogP contribution in [0.1, 0.15) is 5.56 Å². The second-order valence-electron chi connectivity index (χ2n) is 8.67. The molecule has 0 aromatic heterocycles. The highest BCUT2D eigenvalue weighted by molar-refractivity contribution is 5.63. The molecule has 3 heterocycles. The molecule has 5 unspecified atom stereocenters. The summed E-state index contributed by atoms with van der Waals surface area (Å²) in [4.78, 5) is 4.65. The number of hydrogen-bond donors (Lipinski definition) is 2. The first-order valence-electron chi connectivity index (χ1n) is 10.9. The van der Waals surface area contributed by atoms with Crippen molar-refractivity contribution in [3.63, 3.8) is 0 Å². The molecule has 0 amide bonds. The molecule has 2 aromatic rings. The summed E-state index contributed by atoms with van der Waals surface area (Å²) < 4.78 is 12.0. The molecule has 6 nitrogen and oxygen atoms in total. The van der Waals surface area contributed by atoms with E-state index in [1.165, 1.54) is 16.7 Å². The van der Waals surface area contributed by atoms with Gasteiger partial charge in [0.15, 0.2) is 6.29 Å². The van der Waals surface area contributed by atoms with Crippen LogP contribution in [0.5, 0.6) is 0 Å². The van der Waals surface area contributed by atoms with Gasteiger partial charge in [0.1, 0.15) is 6.10 Å². The van der Waals surface area contributed by atoms with Crippen LogP contribution in [0.3, 0.4) is 0 Å². The molecule has 5 atom stereocenters. The fourth-order valence-electron chi connectivity index (χ4n) is 4.84. The van der Waals surface area contributed by atoms with Gasteiger partial charge in [-0.05, 0) is 23.7 Å². The van der Waals surface area contributed by atoms with E-state index in [1.807, 2.05) is 6.07 Å². The van der Waals surface area contributed by atoms with Crippen LogP contribution in [0.25, 0.3) is 11.1 Å². The lowest BCUT2D eigenvalue weighted by Gasteiger charge is -2.46. The zero-order valence-corrected chi connectivity index (χ0v) is 17.5. The number of rotatable bonds is 5. The first-order chi connectivity index (χ1) is 14.7. The Morgan fingerprint density at radius 3 is 2.40 bits per heavy atom. The second-order valence-corrected chi connectivity index (χ2v) is 8.67. The van der Waals surface area contributed by atoms with E-state index < -0.39 is 6.10 Å². The summed E-state index contributed by atoms with van der Waals surface area (Å²) in [7, 11) is 2.14. The van der Waals surface area contributed by atoms with Gasteiger partial charge in [-0.1, -0.05) is 54.6 Å². The number of nitrogens with zero attached hydrogens (tertiary/aromatic N) is 2. The van der Waals surface area contributed by atoms with Crippen LogP contribution in [-0.2, 0) is 16.0 Å². The maximum absolute atomic E-state index is 11.2. The van der Waals surface area contributed by atoms with Crippen molar-refractivity contribution in [2.45, 2.75) is 37.1 Å². The number of piperazine rings is 1. The van der Waals surface area contributed by atoms with Crippen LogP contribution in [0.4, 0.5) is 0 Å². The van der Waals surface area contributed by atoms with Crippen LogP contribution in [0, 0.1) is 0 Å². The van der Waals surface area contributed by atoms with Crippen molar-refractivity contribution in [3.05, 3.63) is 60.2 Å². The van der Waals surface area contributed by atoms with Crippen LogP contribution in [-0.4, -0.2) is 85.3 Å². The van der Waals surface area contributed by atoms with Crippen molar-refractivity contribution in [2.24, 2.45) is 0 Å². The van der Waals surface area contributed by atoms with Gasteiger partial charge < -0.3 is 24.8 Å². The van der Waals surface area contributed by atoms with Gasteiger partial charge in [-0.2, -0.15) is 0 Å². The fraction of sp³-hybridized carbons (Fsp3) is 0.500. The lowest BCUT2D eigenvalue weighted by molar-refractivity contribution is -0.186. The molecular weight excluding hydrogens is 378 g/mol. The first-order valence-corrected chi connectivity index (χ1v) is 10.9. The molecule has 160 valence electrons. The molecule has 6 heteroatoms. The predicted molar refractivity (Wildman–Crippen MR) is 116 cm³/mol. The number of aliphatic hydroxyl groups is 1. The third kappa shape index (κ3) is 4.04. The summed E-state index contributed by atoms with van der Waals surface area (Å²) in [6.45, 7) is 5.10. The number of nitrogens with one attached hydrogen (secondary N) is 1. The highest BCUT2D eigenvalue weighted by atomic mass is 16.7. The number of likely N-dealkylation sites (N-methyl/N-ethyl adjacent to an activating group) is 1. The fourth-order valence-corrected chi connectivity index (χ4v) is 4.84. The van der Waals surface area contributed by atoms with E-state index in [2.05, 4.69) is 70.7 Å². The minimum Gasteiger partial charge on any atom is -0.390 e. The molecule has 3 aliphatic rings. The largest absolute Gasteiger partial charge is 0.390 e. The van der Waals surface area contributed by atoms with Crippen LogP contribution >= 0.6 is 0 Å². The summed E-state index contributed by atoms with van der Waals surface area (Å²) in [5.41, 5.74) is 3.62. The molecule has 0 spiro atoms. The maximum Gasteiger partial charge on any atom is 0.176 e. The van der Waals surface area contributed by atoms with E-state index in [-0.39, 0.29) is 24.5 Å². The van der Waals surface area contributed by atoms with E-state index >= 15 is 0 Å². The summed E-state index contributed by atoms with van der Waals surface area (Å²) >= 11 is 0. The Labute approximate surface area is 178 Å². The van der Waals surface area contributed by atoms with Gasteiger partial charge >= 0.3 is 0 Å². The minimum atomic E-state index is -0.511. The molecule has 3 aliphatic heterocycles. The zero-order chi connectivity index (χ0) is 20.5. The minimum absolute atomic E-state index is 0.0997. The molecule has 30 heavy (non-hydrogen) atoms. The van der Waals surface area contributed by atoms with Crippen molar-refractivity contribution in [3.8, 4) is 11.1 Å². The molecule has 0 radical (unpaired) electrons. The van der Waals surface area contributed by atoms with E-state index in [9.17, 15) is 5.11 Å². The Bertz CT molecular complexity index is 823. The van der Waals surface area contributed by atoms with Crippen molar-refractivity contribution in [2.75, 3.05) is 39.8 Å². The lowest BCUT2D eigenvalue weighted by Crippen LogP contribution is -2.66. The first kappa shape index (κ1) is 20.1. The Morgan fingerprint density at radius 2 is 1.67 bits per heavy atom. The summed E-state index contributed by atoms with van der Waals surface area (Å²) in [6.07, 6.45) is -0.933. The van der Waals surface area contributed by atoms with Crippen molar-refractivity contribution >= 4 is 0 Å². The Balaban J connectivity index is 1.24. The summed E-state index contributed by atoms with van der Waals surface area (Å²) in [5.74, 6) is 0. The summed E-state index contributed by atoms with van der Waals surface area (Å²) in [5, 5.41) is 14.8. The van der Waals surface area contributed by atoms with Gasteiger partial charge in [0.05, 0.1) is 24.8 Å². The Morgan fingerprint density at radius 1 is 0.967 bits per heavy atom. The highest BCUT2D eigenvalue weighted by Crippen LogP contribution is 2.32. The average molecular weight is 410 g/mol. The predicted octanol–water partition coefficient (Wildman–Crippen LogP) is 1.54. The van der Waals surface area contributed by atoms with Crippen LogP contribution in [0.2, 0.25) is 0 Å². The smallest absolute Gasteiger partial charge is 0.176 e. The highest BCUT2D eigenvalue weighted by Gasteiger charge is 2.52. The SMILES string of the molecule is CN1CCN(C2C3OCC(O3)C(NCc3ccc(-c4ccccc4)cc3)C2O)CC1. The normalized spacial score (nSPS) is 32.4. The number of ether oxygens (including phenoxy) is 2. The van der Waals surface area contributed by atoms with E-state index in [1.54, 1.807) is 0 Å². The van der Waals surface area contributed by atoms with Crippen molar-refractivity contribution < 1.29 is 14.6 Å². The van der Waals surface area contributed by atoms with Gasteiger partial charge in [-0.3, -0.25) is 4.90 Å². The molecule has 3 fully saturated rings. The molecular formula is C24H31N3O3. The van der Waals surface area contributed by atoms with Gasteiger partial charge in [0.25, 0.3) is 0 Å². The number of aliphatic hydroxyl groups excluding tert-OH is 1. The van der Waals surface area contributed by atoms with Gasteiger partial charge in [-0.15, -0.1) is 0 Å². The third-order valence-corrected chi connectivity index (χ3v) is 6.69. The molecule has 3 saturated heterocycles. The number of hydrogen-bond acceptors (Lipinski definition) is 6. The molecule has 5 rings (SSSR count). The maximum atomic E-state index is 11.2. The average Bonchev–Trinajstić information content (AvgIpc) is 3.21. The van der Waals surface area contributed by atoms with Crippen LogP contribution < -0.4 is 5.32 Å². The quantitative estimate of drug-likeness (QED) is 0.782. The van der Waals surface area contributed by atoms with Crippen molar-refractivity contribution in [1.29, 1.82) is 0 Å². The lowest BCUT2D eigenvalue weighted by atomic mass is 9.94. The van der Waals surface area contributed by atoms with E-state index in [4.69, 9.17) is 9.47 Å². The van der Waals surface area contributed by atoms with Gasteiger partial charge in [0, 0.05) is 32.7 Å².